The van der Waals surface area contributed by atoms with Gasteiger partial charge in [0.25, 0.3) is 5.91 Å². The Morgan fingerprint density at radius 1 is 1.08 bits per heavy atom. The van der Waals surface area contributed by atoms with Gasteiger partial charge in [0.2, 0.25) is 0 Å². The number of ether oxygens (including phenoxy) is 2. The molecule has 6 heteroatoms. The molecule has 1 amide bonds. The molecule has 25 heavy (non-hydrogen) atoms. The molecule has 0 atom stereocenters. The number of benzene rings is 2. The van der Waals surface area contributed by atoms with Crippen molar-refractivity contribution in [2.24, 2.45) is 0 Å². The lowest BCUT2D eigenvalue weighted by Crippen LogP contribution is -2.50. The predicted octanol–water partition coefficient (Wildman–Crippen LogP) is 3.19. The van der Waals surface area contributed by atoms with Gasteiger partial charge >= 0.3 is 0 Å². The summed E-state index contributed by atoms with van der Waals surface area (Å²) in [6.07, 6.45) is 0. The van der Waals surface area contributed by atoms with Crippen LogP contribution in [0.1, 0.15) is 0 Å². The van der Waals surface area contributed by atoms with Crippen LogP contribution in [-0.4, -0.2) is 50.7 Å². The number of rotatable bonds is 5. The average Bonchev–Trinajstić information content (AvgIpc) is 2.67. The van der Waals surface area contributed by atoms with E-state index in [-0.39, 0.29) is 12.5 Å². The highest BCUT2D eigenvalue weighted by molar-refractivity contribution is 9.10. The minimum absolute atomic E-state index is 0.0149. The third kappa shape index (κ3) is 4.45. The third-order valence-corrected chi connectivity index (χ3v) is 4.89. The van der Waals surface area contributed by atoms with Crippen molar-refractivity contribution in [2.75, 3.05) is 44.8 Å². The number of halogens is 1. The van der Waals surface area contributed by atoms with Crippen LogP contribution in [0.2, 0.25) is 0 Å². The van der Waals surface area contributed by atoms with Gasteiger partial charge in [-0.05, 0) is 40.2 Å². The molecule has 1 fully saturated rings. The summed E-state index contributed by atoms with van der Waals surface area (Å²) < 4.78 is 11.8. The van der Waals surface area contributed by atoms with E-state index in [9.17, 15) is 4.79 Å². The van der Waals surface area contributed by atoms with Crippen molar-refractivity contribution in [3.8, 4) is 11.5 Å². The van der Waals surface area contributed by atoms with Gasteiger partial charge in [0.1, 0.15) is 11.5 Å². The first-order chi connectivity index (χ1) is 12.2. The summed E-state index contributed by atoms with van der Waals surface area (Å²) in [6, 6.07) is 15.5. The molecular formula is C19H21BrN2O3. The van der Waals surface area contributed by atoms with Crippen molar-refractivity contribution in [1.82, 2.24) is 4.90 Å². The average molecular weight is 405 g/mol. The molecule has 0 radical (unpaired) electrons. The van der Waals surface area contributed by atoms with Gasteiger partial charge in [0.05, 0.1) is 11.6 Å². The normalized spacial score (nSPS) is 14.3. The number of carbonyl (C=O) groups excluding carboxylic acids is 1. The van der Waals surface area contributed by atoms with E-state index in [1.807, 2.05) is 47.4 Å². The predicted molar refractivity (Wildman–Crippen MR) is 101 cm³/mol. The first-order valence-corrected chi connectivity index (χ1v) is 9.01. The lowest BCUT2D eigenvalue weighted by molar-refractivity contribution is -0.133. The Balaban J connectivity index is 1.51. The molecule has 0 unspecified atom stereocenters. The van der Waals surface area contributed by atoms with E-state index in [1.54, 1.807) is 7.11 Å². The number of hydrogen-bond acceptors (Lipinski definition) is 4. The molecule has 0 bridgehead atoms. The Morgan fingerprint density at radius 2 is 1.84 bits per heavy atom. The van der Waals surface area contributed by atoms with E-state index >= 15 is 0 Å². The zero-order valence-corrected chi connectivity index (χ0v) is 15.7. The van der Waals surface area contributed by atoms with Gasteiger partial charge in [-0.3, -0.25) is 4.79 Å². The van der Waals surface area contributed by atoms with Crippen LogP contribution in [0.5, 0.6) is 11.5 Å². The Morgan fingerprint density at radius 3 is 2.56 bits per heavy atom. The Labute approximate surface area is 156 Å². The molecule has 0 aromatic heterocycles. The van der Waals surface area contributed by atoms with Crippen molar-refractivity contribution in [1.29, 1.82) is 0 Å². The molecule has 2 aromatic carbocycles. The number of amides is 1. The lowest BCUT2D eigenvalue weighted by atomic mass is 10.2. The van der Waals surface area contributed by atoms with Crippen molar-refractivity contribution in [3.63, 3.8) is 0 Å². The minimum atomic E-state index is 0.0149. The number of methoxy groups -OCH3 is 1. The van der Waals surface area contributed by atoms with Gasteiger partial charge in [0.15, 0.2) is 6.61 Å². The van der Waals surface area contributed by atoms with Gasteiger partial charge in [-0.1, -0.05) is 18.2 Å². The maximum absolute atomic E-state index is 12.4. The highest BCUT2D eigenvalue weighted by Crippen LogP contribution is 2.24. The van der Waals surface area contributed by atoms with Crippen LogP contribution in [0.25, 0.3) is 0 Å². The molecule has 0 saturated carbocycles. The molecule has 0 N–H and O–H groups in total. The zero-order chi connectivity index (χ0) is 17.6. The summed E-state index contributed by atoms with van der Waals surface area (Å²) in [5.41, 5.74) is 1.12. The quantitative estimate of drug-likeness (QED) is 0.767. The van der Waals surface area contributed by atoms with Crippen LogP contribution in [0, 0.1) is 0 Å². The number of hydrogen-bond donors (Lipinski definition) is 0. The van der Waals surface area contributed by atoms with Crippen molar-refractivity contribution >= 4 is 27.5 Å². The summed E-state index contributed by atoms with van der Waals surface area (Å²) >= 11 is 3.42. The van der Waals surface area contributed by atoms with Gasteiger partial charge < -0.3 is 19.3 Å². The maximum Gasteiger partial charge on any atom is 0.260 e. The summed E-state index contributed by atoms with van der Waals surface area (Å²) in [7, 11) is 1.67. The standard InChI is InChI=1S/C19H21BrN2O3/c1-24-16-6-4-5-15(13-16)21-9-11-22(12-10-21)19(23)14-25-18-8-3-2-7-17(18)20/h2-8,13H,9-12,14H2,1H3. The van der Waals surface area contributed by atoms with Crippen molar-refractivity contribution < 1.29 is 14.3 Å². The zero-order valence-electron chi connectivity index (χ0n) is 14.2. The monoisotopic (exact) mass is 404 g/mol. The maximum atomic E-state index is 12.4. The fourth-order valence-electron chi connectivity index (χ4n) is 2.81. The molecule has 1 saturated heterocycles. The molecule has 3 rings (SSSR count). The highest BCUT2D eigenvalue weighted by atomic mass is 79.9. The smallest absolute Gasteiger partial charge is 0.260 e. The molecule has 1 heterocycles. The second-order valence-corrected chi connectivity index (χ2v) is 6.64. The molecule has 1 aliphatic rings. The molecule has 132 valence electrons. The minimum Gasteiger partial charge on any atom is -0.497 e. The number of anilines is 1. The summed E-state index contributed by atoms with van der Waals surface area (Å²) in [4.78, 5) is 16.5. The second kappa shape index (κ2) is 8.25. The van der Waals surface area contributed by atoms with Crippen LogP contribution >= 0.6 is 15.9 Å². The second-order valence-electron chi connectivity index (χ2n) is 5.79. The SMILES string of the molecule is COc1cccc(N2CCN(C(=O)COc3ccccc3Br)CC2)c1. The third-order valence-electron chi connectivity index (χ3n) is 4.24. The van der Waals surface area contributed by atoms with E-state index < -0.39 is 0 Å². The number of nitrogens with zero attached hydrogens (tertiary/aromatic N) is 2. The summed E-state index contributed by atoms with van der Waals surface area (Å²) in [6.45, 7) is 3.04. The number of para-hydroxylation sites is 1. The topological polar surface area (TPSA) is 42.0 Å². The van der Waals surface area contributed by atoms with E-state index in [1.165, 1.54) is 0 Å². The van der Waals surface area contributed by atoms with Crippen LogP contribution in [0.15, 0.2) is 53.0 Å². The first-order valence-electron chi connectivity index (χ1n) is 8.21. The van der Waals surface area contributed by atoms with Gasteiger partial charge in [-0.25, -0.2) is 0 Å². The van der Waals surface area contributed by atoms with E-state index in [0.29, 0.717) is 18.8 Å². The van der Waals surface area contributed by atoms with Crippen LogP contribution in [-0.2, 0) is 4.79 Å². The lowest BCUT2D eigenvalue weighted by Gasteiger charge is -2.36. The van der Waals surface area contributed by atoms with E-state index in [4.69, 9.17) is 9.47 Å². The van der Waals surface area contributed by atoms with Crippen LogP contribution in [0.4, 0.5) is 5.69 Å². The molecule has 0 spiro atoms. The summed E-state index contributed by atoms with van der Waals surface area (Å²) in [5.74, 6) is 1.55. The number of piperazine rings is 1. The Bertz CT molecular complexity index is 730. The van der Waals surface area contributed by atoms with Crippen molar-refractivity contribution in [2.45, 2.75) is 0 Å². The largest absolute Gasteiger partial charge is 0.497 e. The van der Waals surface area contributed by atoms with Crippen LogP contribution < -0.4 is 14.4 Å². The van der Waals surface area contributed by atoms with Crippen molar-refractivity contribution in [3.05, 3.63) is 53.0 Å². The fraction of sp³-hybridized carbons (Fsp3) is 0.316. The van der Waals surface area contributed by atoms with E-state index in [2.05, 4.69) is 26.9 Å². The van der Waals surface area contributed by atoms with Gasteiger partial charge in [-0.15, -0.1) is 0 Å². The first kappa shape index (κ1) is 17.6. The van der Waals surface area contributed by atoms with Crippen LogP contribution in [0.3, 0.4) is 0 Å². The molecular weight excluding hydrogens is 384 g/mol. The summed E-state index contributed by atoms with van der Waals surface area (Å²) in [5, 5.41) is 0. The molecule has 5 nitrogen and oxygen atoms in total. The van der Waals surface area contributed by atoms with E-state index in [0.717, 1.165) is 29.0 Å². The highest BCUT2D eigenvalue weighted by Gasteiger charge is 2.22. The molecule has 0 aliphatic carbocycles. The van der Waals surface area contributed by atoms with Gasteiger partial charge in [0, 0.05) is 37.9 Å². The molecule has 1 aliphatic heterocycles. The molecule has 2 aromatic rings. The Hall–Kier alpha value is -2.21. The number of carbonyl (C=O) groups is 1. The van der Waals surface area contributed by atoms with Gasteiger partial charge in [-0.2, -0.15) is 0 Å². The fourth-order valence-corrected chi connectivity index (χ4v) is 3.21. The Kier molecular flexibility index (Phi) is 5.81.